The average molecular weight is 265 g/mol. The van der Waals surface area contributed by atoms with Gasteiger partial charge in [-0.05, 0) is 32.9 Å². The largest absolute Gasteiger partial charge is 0.388 e. The summed E-state index contributed by atoms with van der Waals surface area (Å²) < 4.78 is 4.93. The van der Waals surface area contributed by atoms with Crippen molar-refractivity contribution < 1.29 is 14.6 Å². The van der Waals surface area contributed by atoms with Crippen molar-refractivity contribution in [3.05, 3.63) is 34.9 Å². The fourth-order valence-electron chi connectivity index (χ4n) is 1.89. The topological polar surface area (TPSA) is 58.6 Å². The van der Waals surface area contributed by atoms with Crippen molar-refractivity contribution in [1.29, 1.82) is 0 Å². The maximum Gasteiger partial charge on any atom is 0.251 e. The first kappa shape index (κ1) is 15.7. The van der Waals surface area contributed by atoms with E-state index in [0.29, 0.717) is 18.6 Å². The number of ether oxygens (including phenoxy) is 1. The van der Waals surface area contributed by atoms with E-state index in [9.17, 15) is 9.90 Å². The summed E-state index contributed by atoms with van der Waals surface area (Å²) in [5.41, 5.74) is 1.78. The van der Waals surface area contributed by atoms with Gasteiger partial charge in [0, 0.05) is 32.2 Å². The molecule has 0 spiro atoms. The number of hydrogen-bond acceptors (Lipinski definition) is 3. The molecule has 1 amide bonds. The van der Waals surface area contributed by atoms with Crippen molar-refractivity contribution in [3.63, 3.8) is 0 Å². The van der Waals surface area contributed by atoms with Gasteiger partial charge in [-0.25, -0.2) is 0 Å². The molecule has 1 aromatic rings. The molecule has 4 heteroatoms. The summed E-state index contributed by atoms with van der Waals surface area (Å²) in [6.45, 7) is 6.28. The van der Waals surface area contributed by atoms with Crippen molar-refractivity contribution in [3.8, 4) is 0 Å². The minimum atomic E-state index is -0.954. The molecule has 0 aliphatic carbocycles. The Morgan fingerprint density at radius 3 is 2.42 bits per heavy atom. The van der Waals surface area contributed by atoms with E-state index < -0.39 is 5.60 Å². The van der Waals surface area contributed by atoms with Crippen LogP contribution in [0.2, 0.25) is 0 Å². The molecule has 1 unspecified atom stereocenters. The first-order valence-electron chi connectivity index (χ1n) is 6.42. The molecule has 0 radical (unpaired) electrons. The molecule has 0 aliphatic heterocycles. The fraction of sp³-hybridized carbons (Fsp3) is 0.533. The quantitative estimate of drug-likeness (QED) is 0.825. The molecule has 0 bridgehead atoms. The number of aliphatic hydroxyl groups is 1. The number of carbonyl (C=O) groups excluding carboxylic acids is 1. The van der Waals surface area contributed by atoms with Crippen LogP contribution in [-0.4, -0.2) is 36.9 Å². The van der Waals surface area contributed by atoms with Gasteiger partial charge in [0.1, 0.15) is 0 Å². The number of methoxy groups -OCH3 is 1. The highest BCUT2D eigenvalue weighted by molar-refractivity contribution is 5.94. The molecule has 0 fully saturated rings. The Balaban J connectivity index is 2.60. The Labute approximate surface area is 114 Å². The average Bonchev–Trinajstić information content (AvgIpc) is 2.32. The van der Waals surface area contributed by atoms with Crippen molar-refractivity contribution in [2.45, 2.75) is 32.8 Å². The van der Waals surface area contributed by atoms with Gasteiger partial charge in [-0.1, -0.05) is 17.2 Å². The van der Waals surface area contributed by atoms with Gasteiger partial charge in [-0.2, -0.15) is 0 Å². The molecule has 0 saturated heterocycles. The highest BCUT2D eigenvalue weighted by atomic mass is 16.5. The first-order valence-corrected chi connectivity index (χ1v) is 6.42. The molecule has 106 valence electrons. The van der Waals surface area contributed by atoms with E-state index in [1.54, 1.807) is 14.0 Å². The van der Waals surface area contributed by atoms with Crippen LogP contribution in [-0.2, 0) is 4.74 Å². The molecular formula is C15H23NO3. The van der Waals surface area contributed by atoms with Crippen LogP contribution < -0.4 is 5.32 Å². The molecule has 1 rings (SSSR count). The number of aryl methyl sites for hydroxylation is 2. The van der Waals surface area contributed by atoms with E-state index in [1.807, 2.05) is 32.0 Å². The number of amides is 1. The van der Waals surface area contributed by atoms with Gasteiger partial charge in [-0.3, -0.25) is 4.79 Å². The van der Waals surface area contributed by atoms with Gasteiger partial charge in [0.05, 0.1) is 5.60 Å². The summed E-state index contributed by atoms with van der Waals surface area (Å²) in [7, 11) is 1.59. The fourth-order valence-corrected chi connectivity index (χ4v) is 1.89. The van der Waals surface area contributed by atoms with Crippen LogP contribution in [0.3, 0.4) is 0 Å². The van der Waals surface area contributed by atoms with Gasteiger partial charge in [0.15, 0.2) is 0 Å². The molecule has 19 heavy (non-hydrogen) atoms. The summed E-state index contributed by atoms with van der Waals surface area (Å²) in [6, 6.07) is 5.70. The molecule has 1 atom stereocenters. The van der Waals surface area contributed by atoms with E-state index in [4.69, 9.17) is 4.74 Å². The van der Waals surface area contributed by atoms with Crippen LogP contribution in [0.25, 0.3) is 0 Å². The number of rotatable bonds is 6. The molecular weight excluding hydrogens is 242 g/mol. The van der Waals surface area contributed by atoms with Crippen molar-refractivity contribution in [2.75, 3.05) is 20.3 Å². The van der Waals surface area contributed by atoms with Crippen molar-refractivity contribution in [1.82, 2.24) is 5.32 Å². The van der Waals surface area contributed by atoms with Crippen molar-refractivity contribution >= 4 is 5.91 Å². The van der Waals surface area contributed by atoms with E-state index in [0.717, 1.165) is 11.1 Å². The monoisotopic (exact) mass is 265 g/mol. The lowest BCUT2D eigenvalue weighted by atomic mass is 10.0. The Kier molecular flexibility index (Phi) is 5.51. The minimum absolute atomic E-state index is 0.163. The predicted octanol–water partition coefficient (Wildman–Crippen LogP) is 1.82. The third-order valence-corrected chi connectivity index (χ3v) is 2.96. The number of hydrogen-bond donors (Lipinski definition) is 2. The maximum atomic E-state index is 12.0. The minimum Gasteiger partial charge on any atom is -0.388 e. The molecule has 1 aromatic carbocycles. The highest BCUT2D eigenvalue weighted by Gasteiger charge is 2.21. The molecule has 4 nitrogen and oxygen atoms in total. The van der Waals surface area contributed by atoms with Crippen LogP contribution >= 0.6 is 0 Å². The van der Waals surface area contributed by atoms with Crippen LogP contribution in [0, 0.1) is 13.8 Å². The lowest BCUT2D eigenvalue weighted by Gasteiger charge is -2.23. The summed E-state index contributed by atoms with van der Waals surface area (Å²) in [6.07, 6.45) is 0.483. The van der Waals surface area contributed by atoms with Crippen molar-refractivity contribution in [2.24, 2.45) is 0 Å². The summed E-state index contributed by atoms with van der Waals surface area (Å²) >= 11 is 0. The van der Waals surface area contributed by atoms with Gasteiger partial charge in [0.25, 0.3) is 5.91 Å². The molecule has 0 aromatic heterocycles. The predicted molar refractivity (Wildman–Crippen MR) is 75.4 cm³/mol. The Morgan fingerprint density at radius 1 is 1.32 bits per heavy atom. The van der Waals surface area contributed by atoms with Gasteiger partial charge in [-0.15, -0.1) is 0 Å². The van der Waals surface area contributed by atoms with E-state index in [-0.39, 0.29) is 12.5 Å². The summed E-state index contributed by atoms with van der Waals surface area (Å²) in [4.78, 5) is 12.0. The van der Waals surface area contributed by atoms with Crippen LogP contribution in [0.5, 0.6) is 0 Å². The zero-order valence-corrected chi connectivity index (χ0v) is 12.1. The van der Waals surface area contributed by atoms with Crippen LogP contribution in [0.1, 0.15) is 34.8 Å². The molecule has 0 saturated carbocycles. The van der Waals surface area contributed by atoms with Crippen LogP contribution in [0.15, 0.2) is 18.2 Å². The second-order valence-electron chi connectivity index (χ2n) is 5.30. The first-order chi connectivity index (χ1) is 8.84. The second kappa shape index (κ2) is 6.68. The van der Waals surface area contributed by atoms with E-state index in [2.05, 4.69) is 5.32 Å². The summed E-state index contributed by atoms with van der Waals surface area (Å²) in [5, 5.41) is 12.8. The lowest BCUT2D eigenvalue weighted by molar-refractivity contribution is 0.0243. The van der Waals surface area contributed by atoms with E-state index in [1.165, 1.54) is 0 Å². The summed E-state index contributed by atoms with van der Waals surface area (Å²) in [5.74, 6) is -0.163. The number of nitrogens with one attached hydrogen (secondary N) is 1. The number of benzene rings is 1. The molecule has 2 N–H and O–H groups in total. The zero-order chi connectivity index (χ0) is 14.5. The smallest absolute Gasteiger partial charge is 0.251 e. The molecule has 0 aliphatic rings. The molecule has 0 heterocycles. The highest BCUT2D eigenvalue weighted by Crippen LogP contribution is 2.11. The maximum absolute atomic E-state index is 12.0. The standard InChI is InChI=1S/C15H23NO3/c1-11-7-12(2)9-13(8-11)14(17)16-10-15(3,18)5-6-19-4/h7-9,18H,5-6,10H2,1-4H3,(H,16,17). The SMILES string of the molecule is COCCC(C)(O)CNC(=O)c1cc(C)cc(C)c1. The second-order valence-corrected chi connectivity index (χ2v) is 5.30. The number of carbonyl (C=O) groups is 1. The zero-order valence-electron chi connectivity index (χ0n) is 12.1. The van der Waals surface area contributed by atoms with Crippen LogP contribution in [0.4, 0.5) is 0 Å². The lowest BCUT2D eigenvalue weighted by Crippen LogP contribution is -2.41. The van der Waals surface area contributed by atoms with Gasteiger partial charge >= 0.3 is 0 Å². The van der Waals surface area contributed by atoms with Gasteiger partial charge in [0.2, 0.25) is 0 Å². The third kappa shape index (κ3) is 5.41. The Hall–Kier alpha value is -1.39. The third-order valence-electron chi connectivity index (χ3n) is 2.96. The Morgan fingerprint density at radius 2 is 1.89 bits per heavy atom. The van der Waals surface area contributed by atoms with Gasteiger partial charge < -0.3 is 15.2 Å². The normalized spacial score (nSPS) is 13.9. The van der Waals surface area contributed by atoms with E-state index >= 15 is 0 Å². The Bertz CT molecular complexity index is 421.